The number of halogens is 1. The molecule has 3 aromatic rings. The molecule has 37 heavy (non-hydrogen) atoms. The van der Waals surface area contributed by atoms with Crippen molar-refractivity contribution >= 4 is 40.2 Å². The Morgan fingerprint density at radius 2 is 2.03 bits per heavy atom. The highest BCUT2D eigenvalue weighted by molar-refractivity contribution is 6.30. The molecule has 1 fully saturated rings. The topological polar surface area (TPSA) is 88.9 Å². The molecule has 10 nitrogen and oxygen atoms in total. The van der Waals surface area contributed by atoms with Crippen LogP contribution in [0.3, 0.4) is 0 Å². The van der Waals surface area contributed by atoms with Gasteiger partial charge in [0.25, 0.3) is 0 Å². The number of hydrogen-bond donors (Lipinski definition) is 0. The lowest BCUT2D eigenvalue weighted by Crippen LogP contribution is -2.54. The van der Waals surface area contributed by atoms with Gasteiger partial charge >= 0.3 is 6.09 Å². The first-order valence-electron chi connectivity index (χ1n) is 12.6. The van der Waals surface area contributed by atoms with Crippen LogP contribution < -0.4 is 9.80 Å². The number of anilines is 2. The SMILES string of the molecule is CCN(CCOC)c1cn(-c2cc(Cl)ccn2)c2ncnc(N3CCN(C(=O)OC(C)(C)C)CC3C)c12. The predicted molar refractivity (Wildman–Crippen MR) is 146 cm³/mol. The molecule has 200 valence electrons. The summed E-state index contributed by atoms with van der Waals surface area (Å²) in [7, 11) is 1.70. The highest BCUT2D eigenvalue weighted by Gasteiger charge is 2.32. The van der Waals surface area contributed by atoms with Crippen LogP contribution in [0.15, 0.2) is 30.9 Å². The smallest absolute Gasteiger partial charge is 0.410 e. The zero-order valence-electron chi connectivity index (χ0n) is 22.4. The second-order valence-electron chi connectivity index (χ2n) is 10.2. The number of rotatable bonds is 7. The van der Waals surface area contributed by atoms with E-state index < -0.39 is 5.60 Å². The van der Waals surface area contributed by atoms with E-state index in [4.69, 9.17) is 26.1 Å². The van der Waals surface area contributed by atoms with Crippen LogP contribution in [-0.4, -0.2) is 88.6 Å². The molecule has 0 N–H and O–H groups in total. The van der Waals surface area contributed by atoms with Crippen molar-refractivity contribution in [3.8, 4) is 5.82 Å². The molecule has 1 aliphatic rings. The number of hydrogen-bond acceptors (Lipinski definition) is 8. The van der Waals surface area contributed by atoms with Gasteiger partial charge in [-0.15, -0.1) is 0 Å². The van der Waals surface area contributed by atoms with Gasteiger partial charge < -0.3 is 24.2 Å². The number of nitrogens with zero attached hydrogens (tertiary/aromatic N) is 7. The lowest BCUT2D eigenvalue weighted by atomic mass is 10.1. The molecule has 1 aliphatic heterocycles. The minimum atomic E-state index is -0.533. The molecule has 0 saturated carbocycles. The summed E-state index contributed by atoms with van der Waals surface area (Å²) >= 11 is 6.30. The molecule has 1 atom stereocenters. The first kappa shape index (κ1) is 26.9. The molecule has 4 heterocycles. The van der Waals surface area contributed by atoms with Crippen molar-refractivity contribution in [2.75, 3.05) is 56.2 Å². The van der Waals surface area contributed by atoms with Crippen LogP contribution in [0, 0.1) is 0 Å². The Labute approximate surface area is 223 Å². The maximum Gasteiger partial charge on any atom is 0.410 e. The Morgan fingerprint density at radius 1 is 1.24 bits per heavy atom. The van der Waals surface area contributed by atoms with Gasteiger partial charge in [0.05, 0.1) is 17.7 Å². The summed E-state index contributed by atoms with van der Waals surface area (Å²) in [5.74, 6) is 1.51. The quantitative estimate of drug-likeness (QED) is 0.445. The average Bonchev–Trinajstić information content (AvgIpc) is 3.23. The predicted octanol–water partition coefficient (Wildman–Crippen LogP) is 4.39. The van der Waals surface area contributed by atoms with Gasteiger partial charge in [-0.05, 0) is 40.7 Å². The van der Waals surface area contributed by atoms with E-state index in [1.165, 1.54) is 0 Å². The summed E-state index contributed by atoms with van der Waals surface area (Å²) in [5, 5.41) is 1.53. The summed E-state index contributed by atoms with van der Waals surface area (Å²) < 4.78 is 12.9. The molecule has 0 aromatic carbocycles. The van der Waals surface area contributed by atoms with Crippen molar-refractivity contribution in [1.29, 1.82) is 0 Å². The van der Waals surface area contributed by atoms with Crippen LogP contribution >= 0.6 is 11.6 Å². The molecule has 0 spiro atoms. The Kier molecular flexibility index (Phi) is 8.08. The second-order valence-corrected chi connectivity index (χ2v) is 10.6. The maximum absolute atomic E-state index is 12.7. The first-order chi connectivity index (χ1) is 17.6. The zero-order chi connectivity index (χ0) is 26.7. The number of likely N-dealkylation sites (N-methyl/N-ethyl adjacent to an activating group) is 1. The minimum Gasteiger partial charge on any atom is -0.444 e. The van der Waals surface area contributed by atoms with Gasteiger partial charge in [0.1, 0.15) is 23.6 Å². The van der Waals surface area contributed by atoms with Gasteiger partial charge in [0.2, 0.25) is 0 Å². The van der Waals surface area contributed by atoms with Crippen LogP contribution in [0.4, 0.5) is 16.3 Å². The number of pyridine rings is 1. The lowest BCUT2D eigenvalue weighted by molar-refractivity contribution is 0.0218. The van der Waals surface area contributed by atoms with Crippen LogP contribution in [0.25, 0.3) is 16.9 Å². The van der Waals surface area contributed by atoms with E-state index in [1.807, 2.05) is 37.6 Å². The van der Waals surface area contributed by atoms with Crippen molar-refractivity contribution < 1.29 is 14.3 Å². The molecular formula is C26H36ClN7O3. The number of fused-ring (bicyclic) bond motifs is 1. The molecule has 4 rings (SSSR count). The Balaban J connectivity index is 1.76. The fraction of sp³-hybridized carbons (Fsp3) is 0.538. The van der Waals surface area contributed by atoms with Crippen LogP contribution in [0.1, 0.15) is 34.6 Å². The third kappa shape index (κ3) is 5.91. The molecule has 0 bridgehead atoms. The van der Waals surface area contributed by atoms with Crippen molar-refractivity contribution in [3.63, 3.8) is 0 Å². The highest BCUT2D eigenvalue weighted by atomic mass is 35.5. The number of piperazine rings is 1. The number of aromatic nitrogens is 4. The molecule has 11 heteroatoms. The Morgan fingerprint density at radius 3 is 2.68 bits per heavy atom. The third-order valence-corrected chi connectivity index (χ3v) is 6.57. The summed E-state index contributed by atoms with van der Waals surface area (Å²) in [6.07, 6.45) is 5.02. The van der Waals surface area contributed by atoms with Gasteiger partial charge in [-0.2, -0.15) is 0 Å². The minimum absolute atomic E-state index is 0.0221. The molecular weight excluding hydrogens is 494 g/mol. The fourth-order valence-electron chi connectivity index (χ4n) is 4.60. The van der Waals surface area contributed by atoms with E-state index in [1.54, 1.807) is 30.6 Å². The Hall–Kier alpha value is -3.11. The summed E-state index contributed by atoms with van der Waals surface area (Å²) in [5.41, 5.74) is 1.20. The first-order valence-corrected chi connectivity index (χ1v) is 13.0. The third-order valence-electron chi connectivity index (χ3n) is 6.34. The fourth-order valence-corrected chi connectivity index (χ4v) is 4.75. The van der Waals surface area contributed by atoms with Crippen molar-refractivity contribution in [1.82, 2.24) is 24.4 Å². The number of ether oxygens (including phenoxy) is 2. The molecule has 1 unspecified atom stereocenters. The van der Waals surface area contributed by atoms with Gasteiger partial charge in [-0.3, -0.25) is 4.57 Å². The molecule has 1 saturated heterocycles. The van der Waals surface area contributed by atoms with Crippen molar-refractivity contribution in [2.45, 2.75) is 46.3 Å². The van der Waals surface area contributed by atoms with Gasteiger partial charge in [0, 0.05) is 69.4 Å². The van der Waals surface area contributed by atoms with Crippen LogP contribution in [0.5, 0.6) is 0 Å². The maximum atomic E-state index is 12.7. The van der Waals surface area contributed by atoms with Crippen LogP contribution in [-0.2, 0) is 9.47 Å². The second kappa shape index (κ2) is 11.1. The van der Waals surface area contributed by atoms with Crippen molar-refractivity contribution in [3.05, 3.63) is 35.9 Å². The number of amides is 1. The van der Waals surface area contributed by atoms with Gasteiger partial charge in [-0.1, -0.05) is 11.6 Å². The van der Waals surface area contributed by atoms with E-state index in [2.05, 4.69) is 33.6 Å². The molecule has 0 radical (unpaired) electrons. The summed E-state index contributed by atoms with van der Waals surface area (Å²) in [6.45, 7) is 13.6. The monoisotopic (exact) mass is 529 g/mol. The molecule has 3 aromatic heterocycles. The van der Waals surface area contributed by atoms with E-state index in [-0.39, 0.29) is 12.1 Å². The Bertz CT molecular complexity index is 1240. The summed E-state index contributed by atoms with van der Waals surface area (Å²) in [4.78, 5) is 32.9. The largest absolute Gasteiger partial charge is 0.444 e. The van der Waals surface area contributed by atoms with E-state index in [0.717, 1.165) is 29.1 Å². The molecule has 0 aliphatic carbocycles. The van der Waals surface area contributed by atoms with Gasteiger partial charge in [0.15, 0.2) is 5.65 Å². The standard InChI is InChI=1S/C26H36ClN7O3/c1-7-31(12-13-36-6)20-16-34(21-14-19(27)8-9-28-21)24-22(20)23(29-17-30-24)33-11-10-32(15-18(33)2)25(35)37-26(3,4)5/h8-9,14,16-18H,7,10-13,15H2,1-6H3. The average molecular weight is 530 g/mol. The van der Waals surface area contributed by atoms with Gasteiger partial charge in [-0.25, -0.2) is 19.7 Å². The van der Waals surface area contributed by atoms with E-state index in [0.29, 0.717) is 43.6 Å². The summed E-state index contributed by atoms with van der Waals surface area (Å²) in [6, 6.07) is 3.59. The van der Waals surface area contributed by atoms with Crippen LogP contribution in [0.2, 0.25) is 5.02 Å². The van der Waals surface area contributed by atoms with E-state index in [9.17, 15) is 4.79 Å². The number of methoxy groups -OCH3 is 1. The number of carbonyl (C=O) groups is 1. The highest BCUT2D eigenvalue weighted by Crippen LogP contribution is 2.37. The zero-order valence-corrected chi connectivity index (χ0v) is 23.2. The normalized spacial score (nSPS) is 16.4. The van der Waals surface area contributed by atoms with Crippen molar-refractivity contribution in [2.24, 2.45) is 0 Å². The van der Waals surface area contributed by atoms with E-state index >= 15 is 0 Å². The number of carbonyl (C=O) groups excluding carboxylic acids is 1. The molecule has 1 amide bonds. The lowest BCUT2D eigenvalue weighted by Gasteiger charge is -2.41.